The summed E-state index contributed by atoms with van der Waals surface area (Å²) in [6.45, 7) is 4.01. The van der Waals surface area contributed by atoms with Crippen molar-refractivity contribution < 1.29 is 17.9 Å². The number of ether oxygens (including phenoxy) is 1. The van der Waals surface area contributed by atoms with Crippen molar-refractivity contribution in [1.82, 2.24) is 10.2 Å². The van der Waals surface area contributed by atoms with E-state index in [2.05, 4.69) is 5.32 Å². The van der Waals surface area contributed by atoms with Gasteiger partial charge in [-0.05, 0) is 55.8 Å². The van der Waals surface area contributed by atoms with Crippen molar-refractivity contribution in [3.05, 3.63) is 59.7 Å². The van der Waals surface area contributed by atoms with Gasteiger partial charge in [0.2, 0.25) is 15.9 Å². The fraction of sp³-hybridized carbons (Fsp3) is 0.350. The lowest BCUT2D eigenvalue weighted by Gasteiger charge is -2.16. The Morgan fingerprint density at radius 3 is 2.25 bits per heavy atom. The van der Waals surface area contributed by atoms with Gasteiger partial charge in [-0.1, -0.05) is 24.3 Å². The van der Waals surface area contributed by atoms with E-state index in [0.29, 0.717) is 26.1 Å². The van der Waals surface area contributed by atoms with E-state index in [-0.39, 0.29) is 17.3 Å². The Labute approximate surface area is 166 Å². The molecule has 0 bridgehead atoms. The van der Waals surface area contributed by atoms with Crippen molar-refractivity contribution in [2.45, 2.75) is 24.8 Å². The number of nitrogens with two attached hydrogens (primary N) is 1. The second-order valence-electron chi connectivity index (χ2n) is 6.54. The summed E-state index contributed by atoms with van der Waals surface area (Å²) in [4.78, 5) is 14.1. The lowest BCUT2D eigenvalue weighted by atomic mass is 10.1. The van der Waals surface area contributed by atoms with Crippen LogP contribution >= 0.6 is 0 Å². The van der Waals surface area contributed by atoms with Crippen LogP contribution in [0.1, 0.15) is 18.1 Å². The molecule has 7 nitrogen and oxygen atoms in total. The second kappa shape index (κ2) is 10.2. The van der Waals surface area contributed by atoms with Crippen molar-refractivity contribution in [2.24, 2.45) is 5.14 Å². The van der Waals surface area contributed by atoms with E-state index in [1.54, 1.807) is 12.1 Å². The fourth-order valence-electron chi connectivity index (χ4n) is 2.72. The summed E-state index contributed by atoms with van der Waals surface area (Å²) >= 11 is 0. The van der Waals surface area contributed by atoms with Crippen LogP contribution < -0.4 is 15.2 Å². The van der Waals surface area contributed by atoms with Gasteiger partial charge < -0.3 is 10.1 Å². The van der Waals surface area contributed by atoms with Crippen LogP contribution in [0.15, 0.2) is 53.4 Å². The summed E-state index contributed by atoms with van der Waals surface area (Å²) in [5, 5.41) is 7.95. The molecule has 0 aliphatic rings. The molecule has 2 aromatic carbocycles. The van der Waals surface area contributed by atoms with Crippen LogP contribution in [0.2, 0.25) is 0 Å². The number of nitrogens with one attached hydrogen (secondary N) is 1. The average molecular weight is 406 g/mol. The third-order valence-corrected chi connectivity index (χ3v) is 5.02. The quantitative estimate of drug-likeness (QED) is 0.624. The number of sulfonamides is 1. The van der Waals surface area contributed by atoms with Crippen LogP contribution in [0.5, 0.6) is 5.75 Å². The molecule has 3 N–H and O–H groups in total. The number of nitrogens with zero attached hydrogens (tertiary/aromatic N) is 1. The first-order valence-corrected chi connectivity index (χ1v) is 10.6. The standard InChI is InChI=1S/C20H27N3O4S/c1-3-27-18-8-4-17(5-9-18)14-23(2)15-20(24)22-13-12-16-6-10-19(11-7-16)28(21,25)26/h4-11H,3,12-15H2,1-2H3,(H,22,24)(H2,21,25,26). The Kier molecular flexibility index (Phi) is 7.98. The van der Waals surface area contributed by atoms with Crippen LogP contribution in [0.3, 0.4) is 0 Å². The van der Waals surface area contributed by atoms with E-state index < -0.39 is 10.0 Å². The van der Waals surface area contributed by atoms with Gasteiger partial charge in [0.05, 0.1) is 18.0 Å². The lowest BCUT2D eigenvalue weighted by molar-refractivity contribution is -0.122. The van der Waals surface area contributed by atoms with Crippen molar-refractivity contribution in [3.63, 3.8) is 0 Å². The summed E-state index contributed by atoms with van der Waals surface area (Å²) in [5.41, 5.74) is 2.03. The summed E-state index contributed by atoms with van der Waals surface area (Å²) in [5.74, 6) is 0.776. The minimum atomic E-state index is -3.68. The highest BCUT2D eigenvalue weighted by Gasteiger charge is 2.09. The van der Waals surface area contributed by atoms with Gasteiger partial charge in [-0.15, -0.1) is 0 Å². The van der Waals surface area contributed by atoms with Gasteiger partial charge in [-0.25, -0.2) is 13.6 Å². The molecule has 8 heteroatoms. The van der Waals surface area contributed by atoms with E-state index in [4.69, 9.17) is 9.88 Å². The molecule has 0 spiro atoms. The molecule has 0 aliphatic carbocycles. The number of carbonyl (C=O) groups excluding carboxylic acids is 1. The number of benzene rings is 2. The zero-order valence-corrected chi connectivity index (χ0v) is 17.0. The van der Waals surface area contributed by atoms with Crippen LogP contribution in [0.4, 0.5) is 0 Å². The number of primary sulfonamides is 1. The van der Waals surface area contributed by atoms with E-state index in [9.17, 15) is 13.2 Å². The Morgan fingerprint density at radius 2 is 1.68 bits per heavy atom. The molecular weight excluding hydrogens is 378 g/mol. The van der Waals surface area contributed by atoms with Crippen LogP contribution in [-0.2, 0) is 27.8 Å². The SMILES string of the molecule is CCOc1ccc(CN(C)CC(=O)NCCc2ccc(S(N)(=O)=O)cc2)cc1. The lowest BCUT2D eigenvalue weighted by Crippen LogP contribution is -2.35. The van der Waals surface area contributed by atoms with Gasteiger partial charge in [-0.3, -0.25) is 9.69 Å². The highest BCUT2D eigenvalue weighted by molar-refractivity contribution is 7.89. The van der Waals surface area contributed by atoms with Crippen molar-refractivity contribution >= 4 is 15.9 Å². The van der Waals surface area contributed by atoms with Crippen LogP contribution in [0, 0.1) is 0 Å². The predicted molar refractivity (Wildman–Crippen MR) is 108 cm³/mol. The van der Waals surface area contributed by atoms with E-state index in [1.165, 1.54) is 12.1 Å². The first-order chi connectivity index (χ1) is 13.3. The minimum Gasteiger partial charge on any atom is -0.494 e. The molecule has 2 aromatic rings. The van der Waals surface area contributed by atoms with Crippen molar-refractivity contribution in [1.29, 1.82) is 0 Å². The normalized spacial score (nSPS) is 11.4. The van der Waals surface area contributed by atoms with Gasteiger partial charge in [0, 0.05) is 13.1 Å². The smallest absolute Gasteiger partial charge is 0.238 e. The number of hydrogen-bond acceptors (Lipinski definition) is 5. The molecule has 28 heavy (non-hydrogen) atoms. The van der Waals surface area contributed by atoms with Crippen molar-refractivity contribution in [2.75, 3.05) is 26.7 Å². The molecule has 0 radical (unpaired) electrons. The maximum Gasteiger partial charge on any atom is 0.238 e. The van der Waals surface area contributed by atoms with Crippen LogP contribution in [-0.4, -0.2) is 46.0 Å². The average Bonchev–Trinajstić information content (AvgIpc) is 2.63. The second-order valence-corrected chi connectivity index (χ2v) is 8.10. The molecule has 0 heterocycles. The summed E-state index contributed by atoms with van der Waals surface area (Å²) in [6, 6.07) is 14.2. The molecule has 0 atom stereocenters. The van der Waals surface area contributed by atoms with Gasteiger partial charge in [0.25, 0.3) is 0 Å². The number of amides is 1. The van der Waals surface area contributed by atoms with Gasteiger partial charge in [0.15, 0.2) is 0 Å². The first-order valence-electron chi connectivity index (χ1n) is 9.06. The Hall–Kier alpha value is -2.42. The first kappa shape index (κ1) is 21.9. The molecular formula is C20H27N3O4S. The van der Waals surface area contributed by atoms with Crippen LogP contribution in [0.25, 0.3) is 0 Å². The molecule has 0 aliphatic heterocycles. The zero-order valence-electron chi connectivity index (χ0n) is 16.2. The molecule has 0 saturated heterocycles. The van der Waals surface area contributed by atoms with Gasteiger partial charge in [0.1, 0.15) is 5.75 Å². The highest BCUT2D eigenvalue weighted by Crippen LogP contribution is 2.13. The largest absolute Gasteiger partial charge is 0.494 e. The molecule has 0 fully saturated rings. The maximum absolute atomic E-state index is 12.1. The topological polar surface area (TPSA) is 102 Å². The van der Waals surface area contributed by atoms with Gasteiger partial charge >= 0.3 is 0 Å². The third kappa shape index (κ3) is 7.30. The molecule has 152 valence electrons. The molecule has 0 aromatic heterocycles. The number of carbonyl (C=O) groups is 1. The third-order valence-electron chi connectivity index (χ3n) is 4.09. The van der Waals surface area contributed by atoms with Gasteiger partial charge in [-0.2, -0.15) is 0 Å². The molecule has 2 rings (SSSR count). The maximum atomic E-state index is 12.1. The van der Waals surface area contributed by atoms with E-state index in [1.807, 2.05) is 43.1 Å². The predicted octanol–water partition coefficient (Wildman–Crippen LogP) is 1.52. The number of rotatable bonds is 10. The Bertz CT molecular complexity index is 865. The molecule has 0 saturated carbocycles. The Balaban J connectivity index is 1.72. The van der Waals surface area contributed by atoms with E-state index in [0.717, 1.165) is 16.9 Å². The zero-order chi connectivity index (χ0) is 20.6. The number of hydrogen-bond donors (Lipinski definition) is 2. The number of likely N-dealkylation sites (N-methyl/N-ethyl adjacent to an activating group) is 1. The highest BCUT2D eigenvalue weighted by atomic mass is 32.2. The van der Waals surface area contributed by atoms with Crippen molar-refractivity contribution in [3.8, 4) is 5.75 Å². The molecule has 1 amide bonds. The minimum absolute atomic E-state index is 0.0606. The summed E-state index contributed by atoms with van der Waals surface area (Å²) < 4.78 is 27.9. The summed E-state index contributed by atoms with van der Waals surface area (Å²) in [7, 11) is -1.79. The fourth-order valence-corrected chi connectivity index (χ4v) is 3.23. The summed E-state index contributed by atoms with van der Waals surface area (Å²) in [6.07, 6.45) is 0.610. The Morgan fingerprint density at radius 1 is 1.07 bits per heavy atom. The molecule has 0 unspecified atom stereocenters. The van der Waals surface area contributed by atoms with E-state index >= 15 is 0 Å². The monoisotopic (exact) mass is 405 g/mol.